The summed E-state index contributed by atoms with van der Waals surface area (Å²) in [7, 11) is 0. The van der Waals surface area contributed by atoms with Gasteiger partial charge < -0.3 is 20.3 Å². The number of carbonyl (C=O) groups is 1. The van der Waals surface area contributed by atoms with Crippen LogP contribution in [-0.4, -0.2) is 49.2 Å². The van der Waals surface area contributed by atoms with Crippen LogP contribution in [0.25, 0.3) is 0 Å². The van der Waals surface area contributed by atoms with Gasteiger partial charge in [-0.25, -0.2) is 9.79 Å². The SMILES string of the molecule is CCNC(=NCc1ccsc1)NC1CCN(C(=O)OCC)CC1. The number of guanidine groups is 1. The van der Waals surface area contributed by atoms with E-state index in [9.17, 15) is 4.79 Å². The Hall–Kier alpha value is -1.76. The van der Waals surface area contributed by atoms with E-state index >= 15 is 0 Å². The number of hydrogen-bond acceptors (Lipinski definition) is 4. The highest BCUT2D eigenvalue weighted by atomic mass is 32.1. The lowest BCUT2D eigenvalue weighted by Gasteiger charge is -2.32. The van der Waals surface area contributed by atoms with E-state index in [2.05, 4.69) is 39.4 Å². The molecule has 2 rings (SSSR count). The number of ether oxygens (including phenoxy) is 1. The van der Waals surface area contributed by atoms with Gasteiger partial charge in [0, 0.05) is 25.7 Å². The highest BCUT2D eigenvalue weighted by Crippen LogP contribution is 2.12. The lowest BCUT2D eigenvalue weighted by atomic mass is 10.1. The number of nitrogens with zero attached hydrogens (tertiary/aromatic N) is 2. The standard InChI is InChI=1S/C16H26N4O2S/c1-3-17-15(18-11-13-7-10-23-12-13)19-14-5-8-20(9-6-14)16(21)22-4-2/h7,10,12,14H,3-6,8-9,11H2,1-2H3,(H2,17,18,19). The zero-order valence-corrected chi connectivity index (χ0v) is 14.7. The summed E-state index contributed by atoms with van der Waals surface area (Å²) in [4.78, 5) is 18.1. The molecule has 0 radical (unpaired) electrons. The molecule has 1 amide bonds. The number of piperidine rings is 1. The van der Waals surface area contributed by atoms with Crippen LogP contribution in [0.15, 0.2) is 21.8 Å². The van der Waals surface area contributed by atoms with Gasteiger partial charge in [0.1, 0.15) is 0 Å². The van der Waals surface area contributed by atoms with Crippen molar-refractivity contribution in [2.24, 2.45) is 4.99 Å². The average molecular weight is 338 g/mol. The number of carbonyl (C=O) groups excluding carboxylic acids is 1. The smallest absolute Gasteiger partial charge is 0.409 e. The van der Waals surface area contributed by atoms with Gasteiger partial charge in [-0.3, -0.25) is 0 Å². The van der Waals surface area contributed by atoms with Crippen molar-refractivity contribution in [3.8, 4) is 0 Å². The molecule has 0 saturated carbocycles. The van der Waals surface area contributed by atoms with E-state index in [4.69, 9.17) is 4.74 Å². The number of likely N-dealkylation sites (tertiary alicyclic amines) is 1. The molecule has 1 fully saturated rings. The predicted molar refractivity (Wildman–Crippen MR) is 93.9 cm³/mol. The van der Waals surface area contributed by atoms with Gasteiger partial charge in [-0.15, -0.1) is 0 Å². The largest absolute Gasteiger partial charge is 0.450 e. The van der Waals surface area contributed by atoms with E-state index in [1.54, 1.807) is 16.2 Å². The van der Waals surface area contributed by atoms with Crippen LogP contribution in [0.4, 0.5) is 4.79 Å². The Bertz CT molecular complexity index is 496. The second kappa shape index (κ2) is 9.39. The molecule has 1 aliphatic rings. The molecule has 2 heterocycles. The number of amides is 1. The van der Waals surface area contributed by atoms with E-state index in [0.717, 1.165) is 38.4 Å². The van der Waals surface area contributed by atoms with Crippen LogP contribution in [0.1, 0.15) is 32.3 Å². The topological polar surface area (TPSA) is 66.0 Å². The van der Waals surface area contributed by atoms with Crippen LogP contribution >= 0.6 is 11.3 Å². The minimum Gasteiger partial charge on any atom is -0.450 e. The van der Waals surface area contributed by atoms with Crippen LogP contribution in [0, 0.1) is 0 Å². The average Bonchev–Trinajstić information content (AvgIpc) is 3.07. The van der Waals surface area contributed by atoms with E-state index in [-0.39, 0.29) is 6.09 Å². The third kappa shape index (κ3) is 5.74. The van der Waals surface area contributed by atoms with Crippen molar-refractivity contribution in [2.75, 3.05) is 26.2 Å². The van der Waals surface area contributed by atoms with Crippen molar-refractivity contribution in [2.45, 2.75) is 39.3 Å². The van der Waals surface area contributed by atoms with Crippen LogP contribution in [-0.2, 0) is 11.3 Å². The molecule has 1 aromatic rings. The lowest BCUT2D eigenvalue weighted by Crippen LogP contribution is -2.49. The summed E-state index contributed by atoms with van der Waals surface area (Å²) in [5, 5.41) is 10.9. The lowest BCUT2D eigenvalue weighted by molar-refractivity contribution is 0.0963. The van der Waals surface area contributed by atoms with Gasteiger partial charge >= 0.3 is 6.09 Å². The predicted octanol–water partition coefficient (Wildman–Crippen LogP) is 2.42. The Labute approximate surface area is 141 Å². The van der Waals surface area contributed by atoms with E-state index in [1.165, 1.54) is 5.56 Å². The molecule has 0 spiro atoms. The molecular weight excluding hydrogens is 312 g/mol. The first-order valence-electron chi connectivity index (χ1n) is 8.20. The third-order valence-electron chi connectivity index (χ3n) is 3.71. The van der Waals surface area contributed by atoms with Crippen LogP contribution in [0.5, 0.6) is 0 Å². The number of aliphatic imine (C=N–C) groups is 1. The zero-order valence-electron chi connectivity index (χ0n) is 13.9. The molecule has 6 nitrogen and oxygen atoms in total. The third-order valence-corrected chi connectivity index (χ3v) is 4.44. The Morgan fingerprint density at radius 1 is 1.43 bits per heavy atom. The monoisotopic (exact) mass is 338 g/mol. The summed E-state index contributed by atoms with van der Waals surface area (Å²) in [6.45, 7) is 7.28. The maximum absolute atomic E-state index is 11.7. The summed E-state index contributed by atoms with van der Waals surface area (Å²) < 4.78 is 5.05. The van der Waals surface area contributed by atoms with E-state index in [0.29, 0.717) is 19.2 Å². The minimum atomic E-state index is -0.205. The summed E-state index contributed by atoms with van der Waals surface area (Å²) in [6.07, 6.45) is 1.60. The van der Waals surface area contributed by atoms with E-state index in [1.807, 2.05) is 6.92 Å². The van der Waals surface area contributed by atoms with Gasteiger partial charge in [-0.1, -0.05) is 0 Å². The second-order valence-corrected chi connectivity index (χ2v) is 6.21. The van der Waals surface area contributed by atoms with Gasteiger partial charge in [0.05, 0.1) is 13.2 Å². The van der Waals surface area contributed by atoms with Crippen molar-refractivity contribution in [3.05, 3.63) is 22.4 Å². The van der Waals surface area contributed by atoms with Crippen molar-refractivity contribution < 1.29 is 9.53 Å². The maximum atomic E-state index is 11.7. The molecule has 128 valence electrons. The second-order valence-electron chi connectivity index (χ2n) is 5.43. The van der Waals surface area contributed by atoms with Crippen molar-refractivity contribution in [1.29, 1.82) is 0 Å². The van der Waals surface area contributed by atoms with Gasteiger partial charge in [0.25, 0.3) is 0 Å². The van der Waals surface area contributed by atoms with Crippen LogP contribution in [0.2, 0.25) is 0 Å². The quantitative estimate of drug-likeness (QED) is 0.639. The number of thiophene rings is 1. The highest BCUT2D eigenvalue weighted by molar-refractivity contribution is 7.07. The molecule has 1 saturated heterocycles. The molecule has 1 aliphatic heterocycles. The first-order chi connectivity index (χ1) is 11.2. The molecule has 2 N–H and O–H groups in total. The summed E-state index contributed by atoms with van der Waals surface area (Å²) >= 11 is 1.69. The molecule has 23 heavy (non-hydrogen) atoms. The van der Waals surface area contributed by atoms with Crippen molar-refractivity contribution in [3.63, 3.8) is 0 Å². The Morgan fingerprint density at radius 3 is 2.83 bits per heavy atom. The maximum Gasteiger partial charge on any atom is 0.409 e. The molecule has 1 aromatic heterocycles. The minimum absolute atomic E-state index is 0.205. The molecule has 0 atom stereocenters. The van der Waals surface area contributed by atoms with Gasteiger partial charge in [-0.2, -0.15) is 11.3 Å². The van der Waals surface area contributed by atoms with Gasteiger partial charge in [0.2, 0.25) is 0 Å². The van der Waals surface area contributed by atoms with Gasteiger partial charge in [-0.05, 0) is 49.1 Å². The Morgan fingerprint density at radius 2 is 2.22 bits per heavy atom. The fourth-order valence-corrected chi connectivity index (χ4v) is 3.15. The molecule has 0 aromatic carbocycles. The fraction of sp³-hybridized carbons (Fsp3) is 0.625. The van der Waals surface area contributed by atoms with Crippen LogP contribution in [0.3, 0.4) is 0 Å². The van der Waals surface area contributed by atoms with Crippen molar-refractivity contribution in [1.82, 2.24) is 15.5 Å². The first-order valence-corrected chi connectivity index (χ1v) is 9.14. The molecule has 0 aliphatic carbocycles. The molecule has 0 unspecified atom stereocenters. The molecular formula is C16H26N4O2S. The van der Waals surface area contributed by atoms with E-state index < -0.39 is 0 Å². The number of hydrogen-bond donors (Lipinski definition) is 2. The Balaban J connectivity index is 1.82. The number of nitrogens with one attached hydrogen (secondary N) is 2. The zero-order chi connectivity index (χ0) is 16.5. The molecule has 0 bridgehead atoms. The normalized spacial score (nSPS) is 16.3. The summed E-state index contributed by atoms with van der Waals surface area (Å²) in [5.41, 5.74) is 1.23. The number of rotatable bonds is 5. The summed E-state index contributed by atoms with van der Waals surface area (Å²) in [6, 6.07) is 2.43. The van der Waals surface area contributed by atoms with Crippen molar-refractivity contribution >= 4 is 23.4 Å². The van der Waals surface area contributed by atoms with Gasteiger partial charge in [0.15, 0.2) is 5.96 Å². The van der Waals surface area contributed by atoms with Crippen LogP contribution < -0.4 is 10.6 Å². The highest BCUT2D eigenvalue weighted by Gasteiger charge is 2.23. The summed E-state index contributed by atoms with van der Waals surface area (Å²) in [5.74, 6) is 0.841. The fourth-order valence-electron chi connectivity index (χ4n) is 2.49. The molecule has 7 heteroatoms. The first kappa shape index (κ1) is 17.6. The Kier molecular flexibility index (Phi) is 7.19.